The molecule has 10 nitrogen and oxygen atoms in total. The first-order valence-corrected chi connectivity index (χ1v) is 17.0. The number of amides is 3. The Morgan fingerprint density at radius 1 is 1.02 bits per heavy atom. The third-order valence-electron chi connectivity index (χ3n) is 9.50. The highest BCUT2D eigenvalue weighted by atomic mass is 32.1. The van der Waals surface area contributed by atoms with Crippen LogP contribution in [-0.2, 0) is 22.7 Å². The topological polar surface area (TPSA) is 94.0 Å². The van der Waals surface area contributed by atoms with E-state index in [0.717, 1.165) is 81.7 Å². The van der Waals surface area contributed by atoms with Crippen LogP contribution in [0.4, 0.5) is 11.6 Å². The average Bonchev–Trinajstić information content (AvgIpc) is 3.83. The van der Waals surface area contributed by atoms with Gasteiger partial charge in [0.25, 0.3) is 5.91 Å². The highest BCUT2D eigenvalue weighted by molar-refractivity contribution is 7.14. The summed E-state index contributed by atoms with van der Waals surface area (Å²) in [6, 6.07) is 9.86. The van der Waals surface area contributed by atoms with Gasteiger partial charge >= 0.3 is 0 Å². The molecule has 4 heterocycles. The Morgan fingerprint density at radius 3 is 2.57 bits per heavy atom. The van der Waals surface area contributed by atoms with Crippen LogP contribution in [0.3, 0.4) is 0 Å². The zero-order valence-corrected chi connectivity index (χ0v) is 26.9. The number of hydrogen-bond donors (Lipinski definition) is 1. The van der Waals surface area contributed by atoms with E-state index in [1.54, 1.807) is 4.90 Å². The number of nitrogens with one attached hydrogen (secondary N) is 1. The number of rotatable bonds is 11. The monoisotopic (exact) mass is 619 g/mol. The van der Waals surface area contributed by atoms with Crippen LogP contribution < -0.4 is 10.2 Å². The number of thiophene rings is 1. The number of carbonyl (C=O) groups excluding carboxylic acids is 3. The molecule has 0 spiro atoms. The standard InChI is InChI=1S/C33H45N7O3S/c1-36-17-19-38(20-18-36)23-26-11-13-29(44-26)32(43)35-33-34-27-22-25(37(2)31(42)21-24-7-3-4-8-24)10-12-28(27)40(33)16-6-15-39-14-5-9-30(39)41/h10-13,22,24H,3-9,14-21,23H2,1-2H3,(H,34,35,43). The molecule has 3 amide bonds. The molecule has 0 unspecified atom stereocenters. The number of aryl methyl sites for hydroxylation is 1. The van der Waals surface area contributed by atoms with Crippen LogP contribution in [-0.4, -0.2) is 95.3 Å². The summed E-state index contributed by atoms with van der Waals surface area (Å²) in [5.74, 6) is 1.15. The molecule has 3 aliphatic rings. The fraction of sp³-hybridized carbons (Fsp3) is 0.576. The third-order valence-corrected chi connectivity index (χ3v) is 10.6. The van der Waals surface area contributed by atoms with E-state index in [0.29, 0.717) is 42.7 Å². The molecular weight excluding hydrogens is 574 g/mol. The number of fused-ring (bicyclic) bond motifs is 1. The number of hydrogen-bond acceptors (Lipinski definition) is 7. The van der Waals surface area contributed by atoms with Crippen LogP contribution in [0.1, 0.15) is 65.9 Å². The second kappa shape index (κ2) is 13.8. The van der Waals surface area contributed by atoms with Gasteiger partial charge in [-0.25, -0.2) is 4.98 Å². The molecule has 2 aromatic heterocycles. The predicted octanol–water partition coefficient (Wildman–Crippen LogP) is 4.65. The van der Waals surface area contributed by atoms with Crippen LogP contribution in [0.25, 0.3) is 11.0 Å². The predicted molar refractivity (Wildman–Crippen MR) is 175 cm³/mol. The van der Waals surface area contributed by atoms with E-state index in [1.807, 2.05) is 40.8 Å². The van der Waals surface area contributed by atoms with Gasteiger partial charge in [-0.1, -0.05) is 12.8 Å². The summed E-state index contributed by atoms with van der Waals surface area (Å²) in [4.78, 5) is 53.8. The van der Waals surface area contributed by atoms with Crippen molar-refractivity contribution < 1.29 is 14.4 Å². The number of carbonyl (C=O) groups is 3. The third kappa shape index (κ3) is 7.16. The van der Waals surface area contributed by atoms with Gasteiger partial charge in [-0.3, -0.25) is 24.6 Å². The largest absolute Gasteiger partial charge is 0.343 e. The van der Waals surface area contributed by atoms with Gasteiger partial charge in [0, 0.05) is 82.8 Å². The Hall–Kier alpha value is -3.28. The number of nitrogens with zero attached hydrogens (tertiary/aromatic N) is 6. The van der Waals surface area contributed by atoms with Gasteiger partial charge in [0.05, 0.1) is 15.9 Å². The number of likely N-dealkylation sites (N-methyl/N-ethyl adjacent to an activating group) is 1. The summed E-state index contributed by atoms with van der Waals surface area (Å²) in [7, 11) is 3.99. The summed E-state index contributed by atoms with van der Waals surface area (Å²) < 4.78 is 2.04. The van der Waals surface area contributed by atoms with Crippen molar-refractivity contribution in [3.05, 3.63) is 40.1 Å². The van der Waals surface area contributed by atoms with Crippen LogP contribution in [0.5, 0.6) is 0 Å². The second-order valence-corrected chi connectivity index (χ2v) is 13.9. The molecular formula is C33H45N7O3S. The van der Waals surface area contributed by atoms with E-state index in [-0.39, 0.29) is 17.7 Å². The SMILES string of the molecule is CN1CCN(Cc2ccc(C(=O)Nc3nc4cc(N(C)C(=O)CC5CCCC5)ccc4n3CCCN3CCCC3=O)s2)CC1. The molecule has 2 aliphatic heterocycles. The number of imidazole rings is 1. The summed E-state index contributed by atoms with van der Waals surface area (Å²) in [5.41, 5.74) is 2.44. The molecule has 1 saturated carbocycles. The first-order chi connectivity index (χ1) is 21.3. The lowest BCUT2D eigenvalue weighted by Crippen LogP contribution is -2.43. The van der Waals surface area contributed by atoms with Crippen molar-refractivity contribution in [2.45, 2.75) is 64.5 Å². The van der Waals surface area contributed by atoms with Gasteiger partial charge in [-0.15, -0.1) is 11.3 Å². The van der Waals surface area contributed by atoms with Crippen molar-refractivity contribution in [2.24, 2.45) is 5.92 Å². The molecule has 3 aromatic rings. The molecule has 44 heavy (non-hydrogen) atoms. The Balaban J connectivity index is 1.18. The molecule has 1 N–H and O–H groups in total. The van der Waals surface area contributed by atoms with Crippen molar-refractivity contribution in [1.29, 1.82) is 0 Å². The Kier molecular flexibility index (Phi) is 9.63. The second-order valence-electron chi connectivity index (χ2n) is 12.7. The summed E-state index contributed by atoms with van der Waals surface area (Å²) >= 11 is 1.53. The van der Waals surface area contributed by atoms with Crippen LogP contribution in [0.15, 0.2) is 30.3 Å². The first kappa shape index (κ1) is 30.7. The van der Waals surface area contributed by atoms with E-state index in [9.17, 15) is 14.4 Å². The van der Waals surface area contributed by atoms with Gasteiger partial charge in [-0.05, 0) is 69.0 Å². The fourth-order valence-corrected chi connectivity index (χ4v) is 7.67. The van der Waals surface area contributed by atoms with Gasteiger partial charge in [0.1, 0.15) is 0 Å². The van der Waals surface area contributed by atoms with Gasteiger partial charge < -0.3 is 19.3 Å². The quantitative estimate of drug-likeness (QED) is 0.336. The van der Waals surface area contributed by atoms with Crippen molar-refractivity contribution in [3.63, 3.8) is 0 Å². The Morgan fingerprint density at radius 2 is 1.82 bits per heavy atom. The van der Waals surface area contributed by atoms with Crippen molar-refractivity contribution >= 4 is 51.7 Å². The number of anilines is 2. The summed E-state index contributed by atoms with van der Waals surface area (Å²) in [6.07, 6.45) is 7.59. The molecule has 1 aliphatic carbocycles. The van der Waals surface area contributed by atoms with Crippen molar-refractivity contribution in [1.82, 2.24) is 24.3 Å². The minimum atomic E-state index is -0.171. The first-order valence-electron chi connectivity index (χ1n) is 16.2. The normalized spacial score (nSPS) is 18.5. The highest BCUT2D eigenvalue weighted by Crippen LogP contribution is 2.30. The molecule has 6 rings (SSSR count). The Bertz CT molecular complexity index is 1490. The van der Waals surface area contributed by atoms with E-state index >= 15 is 0 Å². The lowest BCUT2D eigenvalue weighted by atomic mass is 10.0. The summed E-state index contributed by atoms with van der Waals surface area (Å²) in [5, 5.41) is 3.09. The maximum atomic E-state index is 13.5. The van der Waals surface area contributed by atoms with E-state index < -0.39 is 0 Å². The maximum absolute atomic E-state index is 13.5. The van der Waals surface area contributed by atoms with Gasteiger partial charge in [-0.2, -0.15) is 0 Å². The number of benzene rings is 1. The Labute approximate surface area is 264 Å². The van der Waals surface area contributed by atoms with E-state index in [4.69, 9.17) is 4.98 Å². The highest BCUT2D eigenvalue weighted by Gasteiger charge is 2.24. The molecule has 0 radical (unpaired) electrons. The molecule has 236 valence electrons. The van der Waals surface area contributed by atoms with E-state index in [1.165, 1.54) is 29.1 Å². The molecule has 0 bridgehead atoms. The van der Waals surface area contributed by atoms with Crippen molar-refractivity contribution in [3.8, 4) is 0 Å². The zero-order valence-electron chi connectivity index (χ0n) is 26.1. The minimum Gasteiger partial charge on any atom is -0.343 e. The van der Waals surface area contributed by atoms with Gasteiger partial charge in [0.15, 0.2) is 0 Å². The fourth-order valence-electron chi connectivity index (χ4n) is 6.73. The minimum absolute atomic E-state index is 0.129. The smallest absolute Gasteiger partial charge is 0.268 e. The van der Waals surface area contributed by atoms with Crippen LogP contribution >= 0.6 is 11.3 Å². The molecule has 1 aromatic carbocycles. The van der Waals surface area contributed by atoms with Gasteiger partial charge in [0.2, 0.25) is 17.8 Å². The zero-order chi connectivity index (χ0) is 30.6. The molecule has 2 saturated heterocycles. The lowest BCUT2D eigenvalue weighted by Gasteiger charge is -2.31. The number of piperazine rings is 1. The number of likely N-dealkylation sites (tertiary alicyclic amines) is 1. The maximum Gasteiger partial charge on any atom is 0.268 e. The molecule has 11 heteroatoms. The molecule has 3 fully saturated rings. The van der Waals surface area contributed by atoms with Crippen LogP contribution in [0, 0.1) is 5.92 Å². The number of aromatic nitrogens is 2. The molecule has 0 atom stereocenters. The van der Waals surface area contributed by atoms with Crippen molar-refractivity contribution in [2.75, 3.05) is 63.6 Å². The lowest BCUT2D eigenvalue weighted by molar-refractivity contribution is -0.127. The average molecular weight is 620 g/mol. The van der Waals surface area contributed by atoms with E-state index in [2.05, 4.69) is 28.2 Å². The van der Waals surface area contributed by atoms with Crippen LogP contribution in [0.2, 0.25) is 0 Å². The summed E-state index contributed by atoms with van der Waals surface area (Å²) in [6.45, 7) is 7.16.